The molecule has 0 spiro atoms. The van der Waals surface area contributed by atoms with Crippen LogP contribution < -0.4 is 0 Å². The lowest BCUT2D eigenvalue weighted by Gasteiger charge is -2.44. The van der Waals surface area contributed by atoms with Crippen molar-refractivity contribution in [3.05, 3.63) is 76.5 Å². The minimum absolute atomic E-state index is 0.0243. The molecule has 3 heterocycles. The van der Waals surface area contributed by atoms with Gasteiger partial charge >= 0.3 is 5.97 Å². The summed E-state index contributed by atoms with van der Waals surface area (Å²) in [6.45, 7) is 3.25. The van der Waals surface area contributed by atoms with E-state index in [0.717, 1.165) is 41.1 Å². The van der Waals surface area contributed by atoms with Crippen molar-refractivity contribution in [1.29, 1.82) is 0 Å². The number of H-pyrrole nitrogens is 1. The number of para-hydroxylation sites is 1. The molecule has 0 radical (unpaired) electrons. The third-order valence-corrected chi connectivity index (χ3v) is 6.55. The Balaban J connectivity index is 1.69. The fourth-order valence-electron chi connectivity index (χ4n) is 5.23. The van der Waals surface area contributed by atoms with Gasteiger partial charge in [0, 0.05) is 46.9 Å². The summed E-state index contributed by atoms with van der Waals surface area (Å²) in [6, 6.07) is 9.80. The zero-order chi connectivity index (χ0) is 22.4. The van der Waals surface area contributed by atoms with E-state index >= 15 is 8.78 Å². The Morgan fingerprint density at radius 2 is 2.00 bits per heavy atom. The molecule has 166 valence electrons. The standard InChI is InChI=1S/C25H24F2N2O3/c1-14-10-18-17-4-2-3-5-21(17)28-24(18)25(29(14)16-8-9-32-13-16)23-19(26)11-15(12-20(23)27)6-7-22(30)31/h2-7,11-12,14,16,25,28H,8-10,13H2,1H3,(H,30,31)/b7-6+/t14-,16?,25-/m1/s1. The molecule has 2 N–H and O–H groups in total. The van der Waals surface area contributed by atoms with Gasteiger partial charge < -0.3 is 14.8 Å². The molecule has 0 amide bonds. The Hall–Kier alpha value is -3.03. The summed E-state index contributed by atoms with van der Waals surface area (Å²) in [4.78, 5) is 16.4. The van der Waals surface area contributed by atoms with E-state index < -0.39 is 23.6 Å². The van der Waals surface area contributed by atoms with Crippen molar-refractivity contribution in [1.82, 2.24) is 9.88 Å². The second-order valence-electron chi connectivity index (χ2n) is 8.55. The summed E-state index contributed by atoms with van der Waals surface area (Å²) in [6.07, 6.45) is 3.64. The molecule has 2 aliphatic rings. The van der Waals surface area contributed by atoms with Crippen LogP contribution in [0.15, 0.2) is 42.5 Å². The molecule has 0 aliphatic carbocycles. The molecular weight excluding hydrogens is 414 g/mol. The van der Waals surface area contributed by atoms with Crippen LogP contribution >= 0.6 is 0 Å². The van der Waals surface area contributed by atoms with Gasteiger partial charge in [-0.15, -0.1) is 0 Å². The number of nitrogens with zero attached hydrogens (tertiary/aromatic N) is 1. The lowest BCUT2D eigenvalue weighted by molar-refractivity contribution is -0.131. The predicted molar refractivity (Wildman–Crippen MR) is 117 cm³/mol. The van der Waals surface area contributed by atoms with Crippen LogP contribution in [0.2, 0.25) is 0 Å². The highest BCUT2D eigenvalue weighted by molar-refractivity contribution is 5.86. The third kappa shape index (κ3) is 3.51. The van der Waals surface area contributed by atoms with Crippen LogP contribution in [0.1, 0.15) is 41.8 Å². The van der Waals surface area contributed by atoms with E-state index in [9.17, 15) is 4.79 Å². The van der Waals surface area contributed by atoms with Crippen molar-refractivity contribution < 1.29 is 23.4 Å². The molecule has 3 atom stereocenters. The number of nitrogens with one attached hydrogen (secondary N) is 1. The van der Waals surface area contributed by atoms with E-state index in [0.29, 0.717) is 13.2 Å². The number of carbonyl (C=O) groups is 1. The first-order valence-electron chi connectivity index (χ1n) is 10.8. The van der Waals surface area contributed by atoms with Gasteiger partial charge in [-0.05, 0) is 55.2 Å². The maximum Gasteiger partial charge on any atom is 0.328 e. The predicted octanol–water partition coefficient (Wildman–Crippen LogP) is 4.67. The highest BCUT2D eigenvalue weighted by Gasteiger charge is 2.42. The number of benzene rings is 2. The highest BCUT2D eigenvalue weighted by Crippen LogP contribution is 2.44. The molecule has 7 heteroatoms. The number of halogens is 2. The Morgan fingerprint density at radius 1 is 1.25 bits per heavy atom. The topological polar surface area (TPSA) is 65.6 Å². The summed E-state index contributed by atoms with van der Waals surface area (Å²) in [5, 5.41) is 9.91. The van der Waals surface area contributed by atoms with Crippen molar-refractivity contribution in [2.24, 2.45) is 0 Å². The monoisotopic (exact) mass is 438 g/mol. The van der Waals surface area contributed by atoms with Gasteiger partial charge in [-0.3, -0.25) is 4.90 Å². The molecule has 5 nitrogen and oxygen atoms in total. The lowest BCUT2D eigenvalue weighted by atomic mass is 9.86. The Labute approximate surface area is 184 Å². The largest absolute Gasteiger partial charge is 0.478 e. The molecule has 32 heavy (non-hydrogen) atoms. The number of aromatic amines is 1. The first kappa shape index (κ1) is 20.8. The van der Waals surface area contributed by atoms with E-state index in [-0.39, 0.29) is 23.2 Å². The molecule has 1 aromatic heterocycles. The van der Waals surface area contributed by atoms with Crippen LogP contribution in [0, 0.1) is 11.6 Å². The van der Waals surface area contributed by atoms with E-state index in [1.807, 2.05) is 24.3 Å². The maximum absolute atomic E-state index is 15.5. The van der Waals surface area contributed by atoms with Crippen LogP contribution in [0.25, 0.3) is 17.0 Å². The van der Waals surface area contributed by atoms with Crippen molar-refractivity contribution in [3.63, 3.8) is 0 Å². The average Bonchev–Trinajstić information content (AvgIpc) is 3.40. The number of aromatic nitrogens is 1. The summed E-state index contributed by atoms with van der Waals surface area (Å²) in [5.41, 5.74) is 2.98. The number of hydrogen-bond acceptors (Lipinski definition) is 3. The second kappa shape index (κ2) is 8.15. The smallest absolute Gasteiger partial charge is 0.328 e. The van der Waals surface area contributed by atoms with Gasteiger partial charge in [-0.2, -0.15) is 0 Å². The van der Waals surface area contributed by atoms with Crippen molar-refractivity contribution >= 4 is 22.9 Å². The molecule has 2 aliphatic heterocycles. The molecule has 3 aromatic rings. The Morgan fingerprint density at radius 3 is 2.69 bits per heavy atom. The Kier molecular flexibility index (Phi) is 5.31. The Bertz CT molecular complexity index is 1190. The first-order valence-corrected chi connectivity index (χ1v) is 10.8. The fourth-order valence-corrected chi connectivity index (χ4v) is 5.23. The van der Waals surface area contributed by atoms with Crippen LogP contribution in [0.5, 0.6) is 0 Å². The van der Waals surface area contributed by atoms with Gasteiger partial charge in [0.25, 0.3) is 0 Å². The minimum Gasteiger partial charge on any atom is -0.478 e. The molecule has 1 fully saturated rings. The number of carboxylic acids is 1. The quantitative estimate of drug-likeness (QED) is 0.581. The second-order valence-corrected chi connectivity index (χ2v) is 8.55. The van der Waals surface area contributed by atoms with Crippen molar-refractivity contribution in [2.45, 2.75) is 37.9 Å². The molecule has 0 bridgehead atoms. The summed E-state index contributed by atoms with van der Waals surface area (Å²) in [5.74, 6) is -2.56. The summed E-state index contributed by atoms with van der Waals surface area (Å²) >= 11 is 0. The van der Waals surface area contributed by atoms with E-state index in [4.69, 9.17) is 9.84 Å². The zero-order valence-electron chi connectivity index (χ0n) is 17.6. The first-order chi connectivity index (χ1) is 15.4. The van der Waals surface area contributed by atoms with Gasteiger partial charge in [-0.1, -0.05) is 18.2 Å². The minimum atomic E-state index is -1.17. The molecule has 1 saturated heterocycles. The number of aliphatic carboxylic acids is 1. The number of rotatable bonds is 4. The van der Waals surface area contributed by atoms with Gasteiger partial charge in [0.05, 0.1) is 12.6 Å². The number of fused-ring (bicyclic) bond motifs is 3. The van der Waals surface area contributed by atoms with Crippen molar-refractivity contribution in [2.75, 3.05) is 13.2 Å². The number of ether oxygens (including phenoxy) is 1. The normalized spacial score (nSPS) is 23.8. The fraction of sp³-hybridized carbons (Fsp3) is 0.320. The molecule has 0 saturated carbocycles. The van der Waals surface area contributed by atoms with E-state index in [2.05, 4.69) is 16.8 Å². The van der Waals surface area contributed by atoms with Gasteiger partial charge in [0.15, 0.2) is 0 Å². The summed E-state index contributed by atoms with van der Waals surface area (Å²) < 4.78 is 36.5. The van der Waals surface area contributed by atoms with Gasteiger partial charge in [0.2, 0.25) is 0 Å². The third-order valence-electron chi connectivity index (χ3n) is 6.55. The van der Waals surface area contributed by atoms with Crippen LogP contribution in [-0.4, -0.2) is 46.3 Å². The van der Waals surface area contributed by atoms with E-state index in [1.165, 1.54) is 18.2 Å². The van der Waals surface area contributed by atoms with Gasteiger partial charge in [0.1, 0.15) is 11.6 Å². The number of hydrogen-bond donors (Lipinski definition) is 2. The van der Waals surface area contributed by atoms with Crippen molar-refractivity contribution in [3.8, 4) is 0 Å². The average molecular weight is 438 g/mol. The molecule has 2 aromatic carbocycles. The molecular formula is C25H24F2N2O3. The zero-order valence-corrected chi connectivity index (χ0v) is 17.6. The summed E-state index contributed by atoms with van der Waals surface area (Å²) in [7, 11) is 0. The SMILES string of the molecule is C[C@@H]1Cc2c([nH]c3ccccc23)[C@@H](c2c(F)cc(/C=C/C(=O)O)cc2F)N1C1CCOC1. The molecule has 5 rings (SSSR count). The van der Waals surface area contributed by atoms with E-state index in [1.54, 1.807) is 0 Å². The van der Waals surface area contributed by atoms with Gasteiger partial charge in [-0.25, -0.2) is 13.6 Å². The lowest BCUT2D eigenvalue weighted by Crippen LogP contribution is -2.49. The van der Waals surface area contributed by atoms with Crippen LogP contribution in [-0.2, 0) is 16.0 Å². The number of carboxylic acid groups (broad SMARTS) is 1. The van der Waals surface area contributed by atoms with Crippen LogP contribution in [0.4, 0.5) is 8.78 Å². The molecule has 1 unspecified atom stereocenters. The highest BCUT2D eigenvalue weighted by atomic mass is 19.1. The maximum atomic E-state index is 15.5. The van der Waals surface area contributed by atoms with Crippen LogP contribution in [0.3, 0.4) is 0 Å².